The van der Waals surface area contributed by atoms with Crippen molar-refractivity contribution in [3.8, 4) is 0 Å². The maximum Gasteiger partial charge on any atom is 0.0780 e. The van der Waals surface area contributed by atoms with E-state index < -0.39 is 11.5 Å². The zero-order valence-electron chi connectivity index (χ0n) is 9.66. The molecule has 1 aliphatic carbocycles. The quantitative estimate of drug-likeness (QED) is 0.684. The van der Waals surface area contributed by atoms with E-state index in [9.17, 15) is 5.11 Å². The molecule has 1 rings (SSSR count). The number of methoxy groups -OCH3 is 3. The largest absolute Gasteiger partial charge is 0.389 e. The predicted molar refractivity (Wildman–Crippen MR) is 56.7 cm³/mol. The monoisotopic (exact) mass is 216 g/mol. The lowest BCUT2D eigenvalue weighted by molar-refractivity contribution is -0.0550. The lowest BCUT2D eigenvalue weighted by atomic mass is 9.82. The summed E-state index contributed by atoms with van der Waals surface area (Å²) in [5.41, 5.74) is 0.329. The average Bonchev–Trinajstić information content (AvgIpc) is 2.44. The van der Waals surface area contributed by atoms with Crippen molar-refractivity contribution < 1.29 is 19.3 Å². The third-order valence-electron chi connectivity index (χ3n) is 3.18. The van der Waals surface area contributed by atoms with E-state index in [2.05, 4.69) is 6.58 Å². The first-order valence-corrected chi connectivity index (χ1v) is 5.00. The van der Waals surface area contributed by atoms with Gasteiger partial charge in [0.05, 0.1) is 30.8 Å². The topological polar surface area (TPSA) is 47.9 Å². The minimum atomic E-state index is -0.528. The fraction of sp³-hybridized carbons (Fsp3) is 0.818. The molecule has 0 saturated heterocycles. The van der Waals surface area contributed by atoms with Crippen molar-refractivity contribution in [3.63, 3.8) is 0 Å². The molecule has 1 saturated carbocycles. The van der Waals surface area contributed by atoms with Gasteiger partial charge < -0.3 is 19.3 Å². The van der Waals surface area contributed by atoms with Crippen molar-refractivity contribution in [1.29, 1.82) is 0 Å². The molecular formula is C11H20O4. The molecule has 0 aromatic heterocycles. The van der Waals surface area contributed by atoms with E-state index in [1.807, 2.05) is 0 Å². The third kappa shape index (κ3) is 2.08. The smallest absolute Gasteiger partial charge is 0.0780 e. The summed E-state index contributed by atoms with van der Waals surface area (Å²) in [5.74, 6) is 0. The van der Waals surface area contributed by atoms with Crippen molar-refractivity contribution in [2.75, 3.05) is 34.5 Å². The summed E-state index contributed by atoms with van der Waals surface area (Å²) in [4.78, 5) is 0. The van der Waals surface area contributed by atoms with E-state index in [0.29, 0.717) is 19.6 Å². The SMILES string of the molecule is C=C1[C@H](O)C[C@H](OC)C1(COC)COC. The van der Waals surface area contributed by atoms with Crippen LogP contribution in [0.25, 0.3) is 0 Å². The van der Waals surface area contributed by atoms with Crippen LogP contribution in [0.15, 0.2) is 12.2 Å². The Bertz CT molecular complexity index is 221. The van der Waals surface area contributed by atoms with Crippen LogP contribution < -0.4 is 0 Å². The van der Waals surface area contributed by atoms with Gasteiger partial charge in [0.15, 0.2) is 0 Å². The van der Waals surface area contributed by atoms with Gasteiger partial charge in [0.2, 0.25) is 0 Å². The molecule has 0 aliphatic heterocycles. The summed E-state index contributed by atoms with van der Waals surface area (Å²) in [6.07, 6.45) is -0.0673. The molecule has 88 valence electrons. The molecule has 1 aliphatic rings. The van der Waals surface area contributed by atoms with Gasteiger partial charge in [-0.25, -0.2) is 0 Å². The number of aliphatic hydroxyl groups is 1. The Morgan fingerprint density at radius 2 is 1.87 bits per heavy atom. The van der Waals surface area contributed by atoms with E-state index in [1.54, 1.807) is 21.3 Å². The normalized spacial score (nSPS) is 29.7. The van der Waals surface area contributed by atoms with Gasteiger partial charge in [-0.1, -0.05) is 6.58 Å². The summed E-state index contributed by atoms with van der Waals surface area (Å²) in [6.45, 7) is 4.84. The zero-order chi connectivity index (χ0) is 11.5. The van der Waals surface area contributed by atoms with Crippen LogP contribution in [-0.2, 0) is 14.2 Å². The van der Waals surface area contributed by atoms with Gasteiger partial charge in [-0.2, -0.15) is 0 Å². The van der Waals surface area contributed by atoms with Crippen LogP contribution >= 0.6 is 0 Å². The second kappa shape index (κ2) is 5.07. The Balaban J connectivity index is 2.94. The first kappa shape index (κ1) is 12.6. The minimum absolute atomic E-state index is 0.0973. The number of ether oxygens (including phenoxy) is 3. The lowest BCUT2D eigenvalue weighted by Crippen LogP contribution is -2.41. The Morgan fingerprint density at radius 1 is 1.33 bits per heavy atom. The lowest BCUT2D eigenvalue weighted by Gasteiger charge is -2.34. The maximum absolute atomic E-state index is 9.80. The Hall–Kier alpha value is -0.420. The fourth-order valence-electron chi connectivity index (χ4n) is 2.36. The van der Waals surface area contributed by atoms with Crippen molar-refractivity contribution in [2.45, 2.75) is 18.6 Å². The predicted octanol–water partition coefficient (Wildman–Crippen LogP) is 0.601. The van der Waals surface area contributed by atoms with E-state index in [-0.39, 0.29) is 6.10 Å². The molecule has 1 fully saturated rings. The van der Waals surface area contributed by atoms with Crippen LogP contribution in [0, 0.1) is 5.41 Å². The molecule has 0 aromatic rings. The molecule has 0 amide bonds. The molecule has 0 aromatic carbocycles. The van der Waals surface area contributed by atoms with Crippen LogP contribution in [-0.4, -0.2) is 51.9 Å². The Kier molecular flexibility index (Phi) is 4.28. The van der Waals surface area contributed by atoms with Gasteiger partial charge in [0, 0.05) is 27.8 Å². The Morgan fingerprint density at radius 3 is 2.27 bits per heavy atom. The van der Waals surface area contributed by atoms with Gasteiger partial charge in [0.1, 0.15) is 0 Å². The number of hydrogen-bond acceptors (Lipinski definition) is 4. The van der Waals surface area contributed by atoms with E-state index in [1.165, 1.54) is 0 Å². The number of aliphatic hydroxyl groups excluding tert-OH is 1. The molecule has 0 bridgehead atoms. The summed E-state index contributed by atoms with van der Waals surface area (Å²) in [7, 11) is 4.89. The highest BCUT2D eigenvalue weighted by molar-refractivity contribution is 5.25. The first-order valence-electron chi connectivity index (χ1n) is 5.00. The van der Waals surface area contributed by atoms with Crippen molar-refractivity contribution in [1.82, 2.24) is 0 Å². The van der Waals surface area contributed by atoms with Crippen molar-refractivity contribution in [3.05, 3.63) is 12.2 Å². The molecular weight excluding hydrogens is 196 g/mol. The van der Waals surface area contributed by atoms with Crippen LogP contribution in [0.4, 0.5) is 0 Å². The van der Waals surface area contributed by atoms with E-state index >= 15 is 0 Å². The molecule has 0 unspecified atom stereocenters. The maximum atomic E-state index is 9.80. The van der Waals surface area contributed by atoms with E-state index in [0.717, 1.165) is 5.57 Å². The molecule has 0 radical (unpaired) electrons. The number of hydrogen-bond donors (Lipinski definition) is 1. The highest BCUT2D eigenvalue weighted by Gasteiger charge is 2.50. The molecule has 0 spiro atoms. The van der Waals surface area contributed by atoms with Gasteiger partial charge in [-0.05, 0) is 5.57 Å². The highest BCUT2D eigenvalue weighted by atomic mass is 16.5. The van der Waals surface area contributed by atoms with Crippen LogP contribution in [0.1, 0.15) is 6.42 Å². The number of rotatable bonds is 5. The third-order valence-corrected chi connectivity index (χ3v) is 3.18. The van der Waals surface area contributed by atoms with Crippen molar-refractivity contribution >= 4 is 0 Å². The molecule has 1 N–H and O–H groups in total. The minimum Gasteiger partial charge on any atom is -0.389 e. The molecule has 4 heteroatoms. The van der Waals surface area contributed by atoms with Crippen LogP contribution in [0.2, 0.25) is 0 Å². The summed E-state index contributed by atoms with van der Waals surface area (Å²) in [6, 6.07) is 0. The Labute approximate surface area is 90.8 Å². The van der Waals surface area contributed by atoms with Gasteiger partial charge in [-0.15, -0.1) is 0 Å². The van der Waals surface area contributed by atoms with E-state index in [4.69, 9.17) is 14.2 Å². The van der Waals surface area contributed by atoms with Crippen LogP contribution in [0.5, 0.6) is 0 Å². The zero-order valence-corrected chi connectivity index (χ0v) is 9.66. The van der Waals surface area contributed by atoms with Gasteiger partial charge in [0.25, 0.3) is 0 Å². The summed E-state index contributed by atoms with van der Waals surface area (Å²) >= 11 is 0. The fourth-order valence-corrected chi connectivity index (χ4v) is 2.36. The summed E-state index contributed by atoms with van der Waals surface area (Å²) < 4.78 is 15.8. The van der Waals surface area contributed by atoms with Crippen LogP contribution in [0.3, 0.4) is 0 Å². The second-order valence-electron chi connectivity index (χ2n) is 4.02. The first-order chi connectivity index (χ1) is 7.12. The molecule has 2 atom stereocenters. The average molecular weight is 216 g/mol. The molecule has 4 nitrogen and oxygen atoms in total. The molecule has 15 heavy (non-hydrogen) atoms. The second-order valence-corrected chi connectivity index (χ2v) is 4.02. The standard InChI is InChI=1S/C11H20O4/c1-8-9(12)5-10(15-4)11(8,6-13-2)7-14-3/h9-10,12H,1,5-7H2,2-4H3/t9-,10+/m1/s1. The van der Waals surface area contributed by atoms with Gasteiger partial charge >= 0.3 is 0 Å². The van der Waals surface area contributed by atoms with Crippen molar-refractivity contribution in [2.24, 2.45) is 5.41 Å². The van der Waals surface area contributed by atoms with Gasteiger partial charge in [-0.3, -0.25) is 0 Å². The molecule has 0 heterocycles. The summed E-state index contributed by atoms with van der Waals surface area (Å²) in [5, 5.41) is 9.80. The highest BCUT2D eigenvalue weighted by Crippen LogP contribution is 2.44.